The van der Waals surface area contributed by atoms with Crippen LogP contribution in [0, 0.1) is 0 Å². The highest BCUT2D eigenvalue weighted by Gasteiger charge is 2.10. The Morgan fingerprint density at radius 1 is 1.00 bits per heavy atom. The second kappa shape index (κ2) is 11.2. The Kier molecular flexibility index (Phi) is 9.78. The SMILES string of the molecule is CCCCCCCCC(Cc1ccccc1Cl)NCC. The fraction of sp³-hybridized carbons (Fsp3) is 0.667. The van der Waals surface area contributed by atoms with E-state index in [4.69, 9.17) is 11.6 Å². The van der Waals surface area contributed by atoms with Crippen LogP contribution in [0.4, 0.5) is 0 Å². The molecule has 0 heterocycles. The molecule has 1 nitrogen and oxygen atoms in total. The van der Waals surface area contributed by atoms with Crippen LogP contribution in [0.2, 0.25) is 5.02 Å². The highest BCUT2D eigenvalue weighted by atomic mass is 35.5. The molecular weight excluding hydrogens is 266 g/mol. The number of unbranched alkanes of at least 4 members (excludes halogenated alkanes) is 5. The summed E-state index contributed by atoms with van der Waals surface area (Å²) in [6.45, 7) is 5.48. The van der Waals surface area contributed by atoms with Crippen molar-refractivity contribution in [2.45, 2.75) is 71.3 Å². The number of rotatable bonds is 11. The molecule has 1 rings (SSSR count). The van der Waals surface area contributed by atoms with Crippen LogP contribution in [0.25, 0.3) is 0 Å². The average molecular weight is 296 g/mol. The largest absolute Gasteiger partial charge is 0.314 e. The minimum absolute atomic E-state index is 0.561. The monoisotopic (exact) mass is 295 g/mol. The average Bonchev–Trinajstić information content (AvgIpc) is 2.45. The van der Waals surface area contributed by atoms with Crippen molar-refractivity contribution in [2.75, 3.05) is 6.54 Å². The first kappa shape index (κ1) is 17.5. The molecule has 0 aliphatic rings. The molecule has 114 valence electrons. The predicted octanol–water partition coefficient (Wildman–Crippen LogP) is 5.61. The van der Waals surface area contributed by atoms with E-state index in [2.05, 4.69) is 31.3 Å². The van der Waals surface area contributed by atoms with E-state index in [9.17, 15) is 0 Å². The summed E-state index contributed by atoms with van der Waals surface area (Å²) in [6, 6.07) is 8.78. The molecule has 1 unspecified atom stereocenters. The molecule has 0 aliphatic carbocycles. The van der Waals surface area contributed by atoms with Crippen LogP contribution in [0.5, 0.6) is 0 Å². The van der Waals surface area contributed by atoms with E-state index < -0.39 is 0 Å². The van der Waals surface area contributed by atoms with Gasteiger partial charge in [0.2, 0.25) is 0 Å². The van der Waals surface area contributed by atoms with Crippen LogP contribution in [0.15, 0.2) is 24.3 Å². The normalized spacial score (nSPS) is 12.6. The molecule has 0 spiro atoms. The summed E-state index contributed by atoms with van der Waals surface area (Å²) in [4.78, 5) is 0. The highest BCUT2D eigenvalue weighted by molar-refractivity contribution is 6.31. The summed E-state index contributed by atoms with van der Waals surface area (Å²) in [5.74, 6) is 0. The standard InChI is InChI=1S/C18H30ClN/c1-3-5-6-7-8-9-13-17(20-4-2)15-16-12-10-11-14-18(16)19/h10-12,14,17,20H,3-9,13,15H2,1-2H3. The van der Waals surface area contributed by atoms with E-state index in [1.165, 1.54) is 50.5 Å². The van der Waals surface area contributed by atoms with E-state index >= 15 is 0 Å². The number of likely N-dealkylation sites (N-methyl/N-ethyl adjacent to an activating group) is 1. The minimum atomic E-state index is 0.561. The third-order valence-electron chi connectivity index (χ3n) is 3.82. The second-order valence-electron chi connectivity index (χ2n) is 5.61. The summed E-state index contributed by atoms with van der Waals surface area (Å²) in [5, 5.41) is 4.50. The zero-order valence-electron chi connectivity index (χ0n) is 13.1. The lowest BCUT2D eigenvalue weighted by atomic mass is 9.99. The van der Waals surface area contributed by atoms with Crippen molar-refractivity contribution >= 4 is 11.6 Å². The quantitative estimate of drug-likeness (QED) is 0.523. The van der Waals surface area contributed by atoms with Gasteiger partial charge in [0.1, 0.15) is 0 Å². The molecule has 1 N–H and O–H groups in total. The number of halogens is 1. The zero-order chi connectivity index (χ0) is 14.6. The van der Waals surface area contributed by atoms with Gasteiger partial charge in [0.25, 0.3) is 0 Å². The van der Waals surface area contributed by atoms with E-state index in [0.29, 0.717) is 6.04 Å². The van der Waals surface area contributed by atoms with E-state index in [0.717, 1.165) is 18.0 Å². The molecule has 0 radical (unpaired) electrons. The van der Waals surface area contributed by atoms with Gasteiger partial charge in [-0.25, -0.2) is 0 Å². The summed E-state index contributed by atoms with van der Waals surface area (Å²) in [6.07, 6.45) is 10.5. The lowest BCUT2D eigenvalue weighted by Gasteiger charge is -2.18. The molecule has 0 fully saturated rings. The maximum atomic E-state index is 6.26. The first-order valence-electron chi connectivity index (χ1n) is 8.24. The fourth-order valence-corrected chi connectivity index (χ4v) is 2.88. The van der Waals surface area contributed by atoms with Crippen molar-refractivity contribution in [3.05, 3.63) is 34.9 Å². The van der Waals surface area contributed by atoms with Crippen molar-refractivity contribution in [1.29, 1.82) is 0 Å². The molecule has 1 aromatic carbocycles. The fourth-order valence-electron chi connectivity index (χ4n) is 2.67. The Balaban J connectivity index is 2.31. The molecular formula is C18H30ClN. The van der Waals surface area contributed by atoms with Gasteiger partial charge in [-0.2, -0.15) is 0 Å². The Morgan fingerprint density at radius 2 is 1.70 bits per heavy atom. The number of benzene rings is 1. The summed E-state index contributed by atoms with van der Waals surface area (Å²) < 4.78 is 0. The molecule has 0 aliphatic heterocycles. The Hall–Kier alpha value is -0.530. The van der Waals surface area contributed by atoms with Gasteiger partial charge in [-0.1, -0.05) is 82.2 Å². The van der Waals surface area contributed by atoms with E-state index in [1.807, 2.05) is 12.1 Å². The maximum Gasteiger partial charge on any atom is 0.0438 e. The summed E-state index contributed by atoms with van der Waals surface area (Å²) >= 11 is 6.26. The third kappa shape index (κ3) is 7.31. The van der Waals surface area contributed by atoms with Crippen molar-refractivity contribution in [3.8, 4) is 0 Å². The Morgan fingerprint density at radius 3 is 2.40 bits per heavy atom. The van der Waals surface area contributed by atoms with Crippen LogP contribution in [0.3, 0.4) is 0 Å². The van der Waals surface area contributed by atoms with Gasteiger partial charge in [-0.3, -0.25) is 0 Å². The summed E-state index contributed by atoms with van der Waals surface area (Å²) in [7, 11) is 0. The van der Waals surface area contributed by atoms with E-state index in [1.54, 1.807) is 0 Å². The van der Waals surface area contributed by atoms with Crippen LogP contribution in [-0.2, 0) is 6.42 Å². The van der Waals surface area contributed by atoms with Crippen LogP contribution in [0.1, 0.15) is 64.4 Å². The molecule has 0 saturated heterocycles. The Bertz CT molecular complexity index is 351. The molecule has 0 saturated carbocycles. The van der Waals surface area contributed by atoms with Gasteiger partial charge in [-0.05, 0) is 31.0 Å². The first-order chi connectivity index (χ1) is 9.77. The predicted molar refractivity (Wildman–Crippen MR) is 90.6 cm³/mol. The maximum absolute atomic E-state index is 6.26. The van der Waals surface area contributed by atoms with Gasteiger partial charge in [0, 0.05) is 11.1 Å². The van der Waals surface area contributed by atoms with Crippen LogP contribution < -0.4 is 5.32 Å². The third-order valence-corrected chi connectivity index (χ3v) is 4.19. The van der Waals surface area contributed by atoms with Gasteiger partial charge in [0.05, 0.1) is 0 Å². The van der Waals surface area contributed by atoms with Crippen LogP contribution >= 0.6 is 11.6 Å². The number of nitrogens with one attached hydrogen (secondary N) is 1. The highest BCUT2D eigenvalue weighted by Crippen LogP contribution is 2.19. The van der Waals surface area contributed by atoms with Crippen molar-refractivity contribution in [2.24, 2.45) is 0 Å². The van der Waals surface area contributed by atoms with Crippen molar-refractivity contribution < 1.29 is 0 Å². The van der Waals surface area contributed by atoms with Gasteiger partial charge in [0.15, 0.2) is 0 Å². The first-order valence-corrected chi connectivity index (χ1v) is 8.62. The lowest BCUT2D eigenvalue weighted by Crippen LogP contribution is -2.31. The molecule has 0 bridgehead atoms. The van der Waals surface area contributed by atoms with Crippen molar-refractivity contribution in [1.82, 2.24) is 5.32 Å². The van der Waals surface area contributed by atoms with Crippen LogP contribution in [-0.4, -0.2) is 12.6 Å². The zero-order valence-corrected chi connectivity index (χ0v) is 13.9. The lowest BCUT2D eigenvalue weighted by molar-refractivity contribution is 0.460. The Labute approximate surface area is 130 Å². The van der Waals surface area contributed by atoms with Crippen molar-refractivity contribution in [3.63, 3.8) is 0 Å². The van der Waals surface area contributed by atoms with Gasteiger partial charge in [-0.15, -0.1) is 0 Å². The molecule has 20 heavy (non-hydrogen) atoms. The molecule has 0 amide bonds. The number of hydrogen-bond acceptors (Lipinski definition) is 1. The van der Waals surface area contributed by atoms with E-state index in [-0.39, 0.29) is 0 Å². The molecule has 2 heteroatoms. The smallest absolute Gasteiger partial charge is 0.0438 e. The van der Waals surface area contributed by atoms with Gasteiger partial charge >= 0.3 is 0 Å². The molecule has 1 aromatic rings. The van der Waals surface area contributed by atoms with Gasteiger partial charge < -0.3 is 5.32 Å². The second-order valence-corrected chi connectivity index (χ2v) is 6.01. The minimum Gasteiger partial charge on any atom is -0.314 e. The topological polar surface area (TPSA) is 12.0 Å². The molecule has 1 atom stereocenters. The number of hydrogen-bond donors (Lipinski definition) is 1. The summed E-state index contributed by atoms with van der Waals surface area (Å²) in [5.41, 5.74) is 1.27. The molecule has 0 aromatic heterocycles.